The first kappa shape index (κ1) is 13.1. The van der Waals surface area contributed by atoms with Crippen molar-refractivity contribution in [3.05, 3.63) is 46.5 Å². The van der Waals surface area contributed by atoms with Gasteiger partial charge >= 0.3 is 0 Å². The Labute approximate surface area is 137 Å². The van der Waals surface area contributed by atoms with Crippen molar-refractivity contribution in [2.75, 3.05) is 0 Å². The van der Waals surface area contributed by atoms with Crippen molar-refractivity contribution in [1.29, 1.82) is 0 Å². The van der Waals surface area contributed by atoms with E-state index in [1.165, 1.54) is 11.3 Å². The number of carbonyl (C=O) groups excluding carboxylic acids is 2. The van der Waals surface area contributed by atoms with Gasteiger partial charge in [0.1, 0.15) is 0 Å². The fourth-order valence-electron chi connectivity index (χ4n) is 4.95. The first-order valence-corrected chi connectivity index (χ1v) is 8.72. The molecule has 0 spiro atoms. The molecular formula is C18H16BrNO2. The van der Waals surface area contributed by atoms with Gasteiger partial charge in [-0.3, -0.25) is 14.5 Å². The average molecular weight is 358 g/mol. The summed E-state index contributed by atoms with van der Waals surface area (Å²) in [4.78, 5) is 27.2. The van der Waals surface area contributed by atoms with Gasteiger partial charge in [-0.25, -0.2) is 0 Å². The van der Waals surface area contributed by atoms with Gasteiger partial charge in [0, 0.05) is 4.47 Å². The van der Waals surface area contributed by atoms with Crippen molar-refractivity contribution >= 4 is 27.7 Å². The Morgan fingerprint density at radius 3 is 2.05 bits per heavy atom. The number of nitrogens with zero attached hydrogens (tertiary/aromatic N) is 1. The molecule has 2 saturated carbocycles. The van der Waals surface area contributed by atoms with E-state index in [2.05, 4.69) is 28.1 Å². The van der Waals surface area contributed by atoms with Gasteiger partial charge in [0.2, 0.25) is 11.8 Å². The third-order valence-corrected chi connectivity index (χ3v) is 6.54. The first-order valence-electron chi connectivity index (χ1n) is 7.93. The molecule has 112 valence electrons. The van der Waals surface area contributed by atoms with E-state index in [1.54, 1.807) is 0 Å². The number of benzene rings is 1. The molecule has 1 aliphatic heterocycles. The van der Waals surface area contributed by atoms with Crippen LogP contribution in [0.4, 0.5) is 0 Å². The summed E-state index contributed by atoms with van der Waals surface area (Å²) in [6, 6.07) is 7.84. The predicted molar refractivity (Wildman–Crippen MR) is 84.4 cm³/mol. The number of allylic oxidation sites excluding steroid dienone is 2. The van der Waals surface area contributed by atoms with Crippen molar-refractivity contribution < 1.29 is 9.59 Å². The monoisotopic (exact) mass is 357 g/mol. The van der Waals surface area contributed by atoms with Gasteiger partial charge in [-0.15, -0.1) is 0 Å². The second kappa shape index (κ2) is 4.31. The van der Waals surface area contributed by atoms with Crippen LogP contribution >= 0.6 is 15.9 Å². The smallest absolute Gasteiger partial charge is 0.234 e. The SMILES string of the molecule is O=C1[C@@H]2[C@H]3C=C[C@@H]([C@@H]4C[C@@H]34)[C@H]2C(=O)N1Cc1ccc(Br)cc1. The zero-order valence-corrected chi connectivity index (χ0v) is 13.6. The lowest BCUT2D eigenvalue weighted by Crippen LogP contribution is -2.40. The Kier molecular flexibility index (Phi) is 2.56. The van der Waals surface area contributed by atoms with Crippen LogP contribution < -0.4 is 0 Å². The van der Waals surface area contributed by atoms with Crippen LogP contribution in [0.2, 0.25) is 0 Å². The summed E-state index contributed by atoms with van der Waals surface area (Å²) in [6.07, 6.45) is 5.64. The van der Waals surface area contributed by atoms with Crippen LogP contribution in [0.15, 0.2) is 40.9 Å². The van der Waals surface area contributed by atoms with E-state index in [1.807, 2.05) is 24.3 Å². The van der Waals surface area contributed by atoms with Gasteiger partial charge in [-0.05, 0) is 47.8 Å². The molecule has 4 heteroatoms. The summed E-state index contributed by atoms with van der Waals surface area (Å²) in [5, 5.41) is 0. The first-order chi connectivity index (χ1) is 10.6. The fourth-order valence-corrected chi connectivity index (χ4v) is 5.21. The van der Waals surface area contributed by atoms with Gasteiger partial charge in [-0.2, -0.15) is 0 Å². The molecule has 0 radical (unpaired) electrons. The van der Waals surface area contributed by atoms with Gasteiger partial charge in [0.25, 0.3) is 0 Å². The predicted octanol–water partition coefficient (Wildman–Crippen LogP) is 3.00. The van der Waals surface area contributed by atoms with Crippen molar-refractivity contribution in [3.63, 3.8) is 0 Å². The number of halogens is 1. The van der Waals surface area contributed by atoms with Crippen LogP contribution in [0.25, 0.3) is 0 Å². The third kappa shape index (κ3) is 1.62. The zero-order chi connectivity index (χ0) is 15.0. The van der Waals surface area contributed by atoms with Crippen LogP contribution in [0.3, 0.4) is 0 Å². The van der Waals surface area contributed by atoms with Crippen LogP contribution in [0, 0.1) is 35.5 Å². The number of imide groups is 1. The zero-order valence-electron chi connectivity index (χ0n) is 12.0. The lowest BCUT2D eigenvalue weighted by Gasteiger charge is -2.37. The highest BCUT2D eigenvalue weighted by atomic mass is 79.9. The number of rotatable bonds is 2. The molecule has 22 heavy (non-hydrogen) atoms. The van der Waals surface area contributed by atoms with Crippen molar-refractivity contribution in [2.24, 2.45) is 35.5 Å². The summed E-state index contributed by atoms with van der Waals surface area (Å²) in [7, 11) is 0. The lowest BCUT2D eigenvalue weighted by atomic mass is 9.63. The Morgan fingerprint density at radius 1 is 0.955 bits per heavy atom. The topological polar surface area (TPSA) is 37.4 Å². The summed E-state index contributed by atoms with van der Waals surface area (Å²) in [5.74, 6) is 1.91. The van der Waals surface area contributed by atoms with E-state index in [0.29, 0.717) is 30.2 Å². The molecule has 5 aliphatic rings. The Hall–Kier alpha value is -1.42. The third-order valence-electron chi connectivity index (χ3n) is 6.01. The van der Waals surface area contributed by atoms with Crippen LogP contribution in [-0.2, 0) is 16.1 Å². The van der Waals surface area contributed by atoms with E-state index in [-0.39, 0.29) is 23.7 Å². The largest absolute Gasteiger partial charge is 0.278 e. The molecule has 0 aromatic heterocycles. The summed E-state index contributed by atoms with van der Waals surface area (Å²) in [5.41, 5.74) is 1.01. The molecule has 3 nitrogen and oxygen atoms in total. The van der Waals surface area contributed by atoms with Crippen LogP contribution in [0.5, 0.6) is 0 Å². The summed E-state index contributed by atoms with van der Waals surface area (Å²) >= 11 is 3.41. The Bertz CT molecular complexity index is 674. The maximum absolute atomic E-state index is 12.8. The molecule has 3 fully saturated rings. The molecule has 1 aromatic carbocycles. The van der Waals surface area contributed by atoms with E-state index in [0.717, 1.165) is 10.0 Å². The summed E-state index contributed by atoms with van der Waals surface area (Å²) < 4.78 is 1.01. The average Bonchev–Trinajstić information content (AvgIpc) is 3.30. The van der Waals surface area contributed by atoms with Gasteiger partial charge in [0.15, 0.2) is 0 Å². The molecule has 1 saturated heterocycles. The number of likely N-dealkylation sites (tertiary alicyclic amines) is 1. The van der Waals surface area contributed by atoms with Gasteiger partial charge < -0.3 is 0 Å². The second-order valence-electron chi connectivity index (χ2n) is 7.04. The standard InChI is InChI=1S/C18H16BrNO2/c19-10-3-1-9(2-4-10)8-20-17(21)15-11-5-6-12(14-7-13(11)14)16(15)18(20)22/h1-6,11-16H,7-8H2/t11-,12-,13-,14-,15+,16+/m0/s1. The van der Waals surface area contributed by atoms with Crippen molar-refractivity contribution in [2.45, 2.75) is 13.0 Å². The number of amides is 2. The molecule has 6 rings (SSSR count). The van der Waals surface area contributed by atoms with E-state index in [9.17, 15) is 9.59 Å². The molecule has 0 unspecified atom stereocenters. The molecular weight excluding hydrogens is 342 g/mol. The fraction of sp³-hybridized carbons (Fsp3) is 0.444. The quantitative estimate of drug-likeness (QED) is 0.602. The van der Waals surface area contributed by atoms with E-state index >= 15 is 0 Å². The Balaban J connectivity index is 1.46. The lowest BCUT2D eigenvalue weighted by molar-refractivity contribution is -0.140. The molecule has 1 aromatic rings. The second-order valence-corrected chi connectivity index (χ2v) is 7.96. The number of hydrogen-bond acceptors (Lipinski definition) is 2. The molecule has 2 bridgehead atoms. The summed E-state index contributed by atoms with van der Waals surface area (Å²) in [6.45, 7) is 0.409. The molecule has 0 N–H and O–H groups in total. The minimum Gasteiger partial charge on any atom is -0.278 e. The highest BCUT2D eigenvalue weighted by Crippen LogP contribution is 2.65. The molecule has 1 heterocycles. The maximum Gasteiger partial charge on any atom is 0.234 e. The van der Waals surface area contributed by atoms with Crippen LogP contribution in [-0.4, -0.2) is 16.7 Å². The van der Waals surface area contributed by atoms with Crippen molar-refractivity contribution in [3.8, 4) is 0 Å². The molecule has 6 atom stereocenters. The highest BCUT2D eigenvalue weighted by molar-refractivity contribution is 9.10. The van der Waals surface area contributed by atoms with Gasteiger partial charge in [-0.1, -0.05) is 40.2 Å². The van der Waals surface area contributed by atoms with E-state index < -0.39 is 0 Å². The minimum atomic E-state index is -0.0818. The number of carbonyl (C=O) groups is 2. The normalized spacial score (nSPS) is 40.9. The van der Waals surface area contributed by atoms with Gasteiger partial charge in [0.05, 0.1) is 18.4 Å². The minimum absolute atomic E-state index is 0.0580. The molecule has 2 amide bonds. The number of hydrogen-bond donors (Lipinski definition) is 0. The highest BCUT2D eigenvalue weighted by Gasteiger charge is 2.66. The van der Waals surface area contributed by atoms with Crippen LogP contribution in [0.1, 0.15) is 12.0 Å². The van der Waals surface area contributed by atoms with E-state index in [4.69, 9.17) is 0 Å². The molecule has 4 aliphatic carbocycles. The maximum atomic E-state index is 12.8. The Morgan fingerprint density at radius 2 is 1.50 bits per heavy atom. The van der Waals surface area contributed by atoms with Crippen molar-refractivity contribution in [1.82, 2.24) is 4.90 Å².